The van der Waals surface area contributed by atoms with Crippen LogP contribution in [0.2, 0.25) is 0 Å². The highest BCUT2D eigenvalue weighted by Crippen LogP contribution is 2.31. The van der Waals surface area contributed by atoms with E-state index in [1.165, 1.54) is 0 Å². The number of para-hydroxylation sites is 2. The zero-order chi connectivity index (χ0) is 11.3. The third-order valence-electron chi connectivity index (χ3n) is 2.80. The first kappa shape index (κ1) is 9.81. The Morgan fingerprint density at radius 2 is 2.12 bits per heavy atom. The topological polar surface area (TPSA) is 37.5 Å². The molecule has 0 amide bonds. The van der Waals surface area contributed by atoms with Gasteiger partial charge in [-0.3, -0.25) is 4.40 Å². The van der Waals surface area contributed by atoms with Crippen molar-refractivity contribution in [3.63, 3.8) is 0 Å². The van der Waals surface area contributed by atoms with E-state index < -0.39 is 6.10 Å². The average molecular weight is 232 g/mol. The third kappa shape index (κ3) is 1.20. The van der Waals surface area contributed by atoms with E-state index in [0.717, 1.165) is 26.6 Å². The van der Waals surface area contributed by atoms with Crippen LogP contribution in [0.4, 0.5) is 0 Å². The van der Waals surface area contributed by atoms with Gasteiger partial charge in [0.15, 0.2) is 4.96 Å². The van der Waals surface area contributed by atoms with Gasteiger partial charge in [-0.1, -0.05) is 23.5 Å². The second kappa shape index (κ2) is 3.30. The first-order valence-electron chi connectivity index (χ1n) is 5.23. The highest BCUT2D eigenvalue weighted by molar-refractivity contribution is 7.17. The maximum absolute atomic E-state index is 9.67. The molecule has 0 saturated carbocycles. The summed E-state index contributed by atoms with van der Waals surface area (Å²) in [5, 5.41) is 9.67. The number of benzene rings is 1. The molecule has 3 nitrogen and oxygen atoms in total. The molecule has 0 radical (unpaired) electrons. The molecular weight excluding hydrogens is 220 g/mol. The smallest absolute Gasteiger partial charge is 0.195 e. The first-order valence-corrected chi connectivity index (χ1v) is 6.04. The van der Waals surface area contributed by atoms with Crippen molar-refractivity contribution in [1.82, 2.24) is 9.38 Å². The second-order valence-electron chi connectivity index (χ2n) is 3.95. The number of aliphatic hydroxyl groups is 1. The Hall–Kier alpha value is -1.39. The lowest BCUT2D eigenvalue weighted by atomic mass is 10.2. The van der Waals surface area contributed by atoms with E-state index in [2.05, 4.69) is 15.5 Å². The minimum atomic E-state index is -0.425. The number of imidazole rings is 1. The summed E-state index contributed by atoms with van der Waals surface area (Å²) in [6, 6.07) is 8.07. The molecule has 0 saturated heterocycles. The third-order valence-corrected chi connectivity index (χ3v) is 4.12. The second-order valence-corrected chi connectivity index (χ2v) is 4.96. The van der Waals surface area contributed by atoms with Gasteiger partial charge in [0, 0.05) is 5.69 Å². The van der Waals surface area contributed by atoms with Gasteiger partial charge in [-0.05, 0) is 26.0 Å². The summed E-state index contributed by atoms with van der Waals surface area (Å²) in [5.41, 5.74) is 3.20. The molecule has 0 aliphatic carbocycles. The molecule has 3 aromatic rings. The standard InChI is InChI=1S/C12H12N2OS/c1-7-11(8(2)15)16-12-13-9-5-3-4-6-10(9)14(7)12/h3-6,8,15H,1-2H3/t8-/m1/s1. The van der Waals surface area contributed by atoms with Crippen LogP contribution in [0, 0.1) is 6.92 Å². The predicted molar refractivity (Wildman–Crippen MR) is 65.9 cm³/mol. The van der Waals surface area contributed by atoms with Crippen LogP contribution in [-0.4, -0.2) is 14.5 Å². The molecule has 16 heavy (non-hydrogen) atoms. The van der Waals surface area contributed by atoms with Gasteiger partial charge >= 0.3 is 0 Å². The Morgan fingerprint density at radius 3 is 2.88 bits per heavy atom. The molecule has 1 atom stereocenters. The molecule has 0 aliphatic heterocycles. The summed E-state index contributed by atoms with van der Waals surface area (Å²) in [4.78, 5) is 6.50. The average Bonchev–Trinajstić information content (AvgIpc) is 2.75. The quantitative estimate of drug-likeness (QED) is 0.700. The largest absolute Gasteiger partial charge is 0.388 e. The molecule has 0 fully saturated rings. The van der Waals surface area contributed by atoms with Crippen molar-refractivity contribution in [3.8, 4) is 0 Å². The van der Waals surface area contributed by atoms with Crippen molar-refractivity contribution in [2.75, 3.05) is 0 Å². The van der Waals surface area contributed by atoms with Gasteiger partial charge in [0.05, 0.1) is 22.0 Å². The van der Waals surface area contributed by atoms with E-state index in [4.69, 9.17) is 0 Å². The summed E-state index contributed by atoms with van der Waals surface area (Å²) in [5.74, 6) is 0. The van der Waals surface area contributed by atoms with Gasteiger partial charge in [-0.15, -0.1) is 0 Å². The predicted octanol–water partition coefficient (Wildman–Crippen LogP) is 2.91. The molecule has 4 heteroatoms. The van der Waals surface area contributed by atoms with E-state index in [0.29, 0.717) is 0 Å². The number of nitrogens with zero attached hydrogens (tertiary/aromatic N) is 2. The van der Waals surface area contributed by atoms with E-state index >= 15 is 0 Å². The highest BCUT2D eigenvalue weighted by Gasteiger charge is 2.15. The lowest BCUT2D eigenvalue weighted by Crippen LogP contribution is -1.92. The number of thiazole rings is 1. The number of aliphatic hydroxyl groups excluding tert-OH is 1. The van der Waals surface area contributed by atoms with Crippen LogP contribution in [0.3, 0.4) is 0 Å². The number of aromatic nitrogens is 2. The van der Waals surface area contributed by atoms with Crippen LogP contribution in [0.5, 0.6) is 0 Å². The monoisotopic (exact) mass is 232 g/mol. The fourth-order valence-electron chi connectivity index (χ4n) is 2.07. The van der Waals surface area contributed by atoms with Gasteiger partial charge in [0.25, 0.3) is 0 Å². The van der Waals surface area contributed by atoms with Crippen LogP contribution in [0.15, 0.2) is 24.3 Å². The van der Waals surface area contributed by atoms with Gasteiger partial charge in [0.2, 0.25) is 0 Å². The van der Waals surface area contributed by atoms with E-state index in [-0.39, 0.29) is 0 Å². The molecule has 82 valence electrons. The molecule has 0 unspecified atom stereocenters. The molecular formula is C12H12N2OS. The van der Waals surface area contributed by atoms with Crippen LogP contribution < -0.4 is 0 Å². The van der Waals surface area contributed by atoms with Crippen LogP contribution in [0.25, 0.3) is 16.0 Å². The number of aryl methyl sites for hydroxylation is 1. The minimum Gasteiger partial charge on any atom is -0.388 e. The summed E-state index contributed by atoms with van der Waals surface area (Å²) in [6.45, 7) is 3.82. The molecule has 1 aromatic carbocycles. The van der Waals surface area contributed by atoms with Gasteiger partial charge in [-0.25, -0.2) is 4.98 Å². The Kier molecular flexibility index (Phi) is 2.02. The number of fused-ring (bicyclic) bond motifs is 3. The summed E-state index contributed by atoms with van der Waals surface area (Å²) in [7, 11) is 0. The van der Waals surface area contributed by atoms with Gasteiger partial charge in [-0.2, -0.15) is 0 Å². The fourth-order valence-corrected chi connectivity index (χ4v) is 3.14. The maximum atomic E-state index is 9.67. The highest BCUT2D eigenvalue weighted by atomic mass is 32.1. The van der Waals surface area contributed by atoms with Crippen LogP contribution in [0.1, 0.15) is 23.6 Å². The molecule has 2 aromatic heterocycles. The Morgan fingerprint density at radius 1 is 1.38 bits per heavy atom. The van der Waals surface area contributed by atoms with Crippen LogP contribution in [-0.2, 0) is 0 Å². The van der Waals surface area contributed by atoms with Crippen molar-refractivity contribution in [2.45, 2.75) is 20.0 Å². The van der Waals surface area contributed by atoms with Crippen molar-refractivity contribution < 1.29 is 5.11 Å². The fraction of sp³-hybridized carbons (Fsp3) is 0.250. The lowest BCUT2D eigenvalue weighted by Gasteiger charge is -2.01. The SMILES string of the molecule is Cc1c([C@@H](C)O)sc2nc3ccccc3n12. The zero-order valence-corrected chi connectivity index (χ0v) is 9.95. The van der Waals surface area contributed by atoms with E-state index in [9.17, 15) is 5.11 Å². The van der Waals surface area contributed by atoms with Gasteiger partial charge < -0.3 is 5.11 Å². The van der Waals surface area contributed by atoms with Crippen LogP contribution >= 0.6 is 11.3 Å². The molecule has 0 spiro atoms. The van der Waals surface area contributed by atoms with Gasteiger partial charge in [0.1, 0.15) is 0 Å². The van der Waals surface area contributed by atoms with E-state index in [1.807, 2.05) is 25.1 Å². The summed E-state index contributed by atoms with van der Waals surface area (Å²) < 4.78 is 2.11. The van der Waals surface area contributed by atoms with E-state index in [1.54, 1.807) is 18.3 Å². The first-order chi connectivity index (χ1) is 7.68. The number of hydrogen-bond acceptors (Lipinski definition) is 3. The van der Waals surface area contributed by atoms with Crippen molar-refractivity contribution in [2.24, 2.45) is 0 Å². The molecule has 2 heterocycles. The normalized spacial score (nSPS) is 13.7. The van der Waals surface area contributed by atoms with Crippen molar-refractivity contribution in [3.05, 3.63) is 34.8 Å². The minimum absolute atomic E-state index is 0.425. The Bertz CT molecular complexity index is 666. The molecule has 0 aliphatic rings. The lowest BCUT2D eigenvalue weighted by molar-refractivity contribution is 0.202. The Labute approximate surface area is 97.0 Å². The summed E-state index contributed by atoms with van der Waals surface area (Å²) >= 11 is 1.56. The molecule has 1 N–H and O–H groups in total. The Balaban J connectivity index is 2.45. The molecule has 3 rings (SSSR count). The zero-order valence-electron chi connectivity index (χ0n) is 9.14. The van der Waals surface area contributed by atoms with Crippen molar-refractivity contribution in [1.29, 1.82) is 0 Å². The maximum Gasteiger partial charge on any atom is 0.195 e. The van der Waals surface area contributed by atoms with Crippen molar-refractivity contribution >= 4 is 27.3 Å². The molecule has 0 bridgehead atoms. The summed E-state index contributed by atoms with van der Waals surface area (Å²) in [6.07, 6.45) is -0.425. The number of hydrogen-bond donors (Lipinski definition) is 1. The number of rotatable bonds is 1.